The van der Waals surface area contributed by atoms with Crippen molar-refractivity contribution in [2.45, 2.75) is 18.1 Å². The number of aromatic nitrogens is 3. The maximum Gasteiger partial charge on any atom is 0.237 e. The Morgan fingerprint density at radius 3 is 2.74 bits per heavy atom. The molecule has 160 valence electrons. The summed E-state index contributed by atoms with van der Waals surface area (Å²) in [6.45, 7) is 4.27. The van der Waals surface area contributed by atoms with E-state index in [1.54, 1.807) is 41.0 Å². The van der Waals surface area contributed by atoms with Crippen molar-refractivity contribution in [1.29, 1.82) is 0 Å². The first-order valence-electron chi connectivity index (χ1n) is 9.39. The molecule has 0 radical (unpaired) electrons. The third kappa shape index (κ3) is 4.95. The first-order valence-corrected chi connectivity index (χ1v) is 11.1. The van der Waals surface area contributed by atoms with Gasteiger partial charge in [-0.15, -0.1) is 16.8 Å². The zero-order valence-electron chi connectivity index (χ0n) is 16.4. The van der Waals surface area contributed by atoms with E-state index in [2.05, 4.69) is 22.1 Å². The number of hydrogen-bond acceptors (Lipinski definition) is 6. The van der Waals surface area contributed by atoms with E-state index in [1.807, 2.05) is 12.1 Å². The van der Waals surface area contributed by atoms with Crippen LogP contribution in [0, 0.1) is 0 Å². The second kappa shape index (κ2) is 9.32. The monoisotopic (exact) mass is 458 g/mol. The molecule has 0 bridgehead atoms. The number of nitrogens with zero attached hydrogens (tertiary/aromatic N) is 3. The van der Waals surface area contributed by atoms with Gasteiger partial charge in [0.05, 0.1) is 0 Å². The number of ether oxygens (including phenoxy) is 2. The summed E-state index contributed by atoms with van der Waals surface area (Å²) < 4.78 is 25.1. The Bertz CT molecular complexity index is 1150. The van der Waals surface area contributed by atoms with Crippen LogP contribution >= 0.6 is 11.6 Å². The third-order valence-electron chi connectivity index (χ3n) is 4.50. The van der Waals surface area contributed by atoms with Gasteiger partial charge in [-0.25, -0.2) is 0 Å². The fourth-order valence-electron chi connectivity index (χ4n) is 3.07. The summed E-state index contributed by atoms with van der Waals surface area (Å²) in [5, 5.41) is 11.8. The molecule has 3 aromatic rings. The number of rotatable bonds is 8. The van der Waals surface area contributed by atoms with Gasteiger partial charge in [0.1, 0.15) is 22.4 Å². The van der Waals surface area contributed by atoms with Crippen LogP contribution in [0.4, 0.5) is 5.69 Å². The van der Waals surface area contributed by atoms with E-state index < -0.39 is 16.7 Å². The summed E-state index contributed by atoms with van der Waals surface area (Å²) in [4.78, 5) is 12.4. The summed E-state index contributed by atoms with van der Waals surface area (Å²) in [6.07, 6.45) is 2.15. The highest BCUT2D eigenvalue weighted by molar-refractivity contribution is 7.85. The van der Waals surface area contributed by atoms with Crippen molar-refractivity contribution in [3.63, 3.8) is 0 Å². The summed E-state index contributed by atoms with van der Waals surface area (Å²) in [5.41, 5.74) is 1.52. The second-order valence-electron chi connectivity index (χ2n) is 6.71. The molecule has 0 fully saturated rings. The lowest BCUT2D eigenvalue weighted by Gasteiger charge is -2.09. The maximum atomic E-state index is 12.9. The normalized spacial score (nSPS) is 13.1. The lowest BCUT2D eigenvalue weighted by molar-refractivity contribution is -0.113. The predicted molar refractivity (Wildman–Crippen MR) is 117 cm³/mol. The molecule has 0 saturated heterocycles. The van der Waals surface area contributed by atoms with E-state index in [4.69, 9.17) is 21.1 Å². The molecule has 1 amide bonds. The molecular weight excluding hydrogens is 440 g/mol. The quantitative estimate of drug-likeness (QED) is 0.521. The Labute approximate surface area is 186 Å². The Morgan fingerprint density at radius 1 is 1.19 bits per heavy atom. The van der Waals surface area contributed by atoms with Crippen LogP contribution in [0.2, 0.25) is 5.02 Å². The van der Waals surface area contributed by atoms with Gasteiger partial charge >= 0.3 is 0 Å². The SMILES string of the molecule is C=CCn1c(Cc2ccc(Cl)cc2)nnc1[S@@](=O)CC(=O)Nc1ccc2c(c1)OCO2. The van der Waals surface area contributed by atoms with Crippen molar-refractivity contribution < 1.29 is 18.5 Å². The minimum absolute atomic E-state index is 0.147. The highest BCUT2D eigenvalue weighted by atomic mass is 35.5. The minimum atomic E-state index is -1.69. The van der Waals surface area contributed by atoms with Gasteiger partial charge < -0.3 is 14.8 Å². The van der Waals surface area contributed by atoms with E-state index in [-0.39, 0.29) is 17.7 Å². The molecule has 0 aliphatic carbocycles. The molecule has 0 spiro atoms. The minimum Gasteiger partial charge on any atom is -0.454 e. The summed E-state index contributed by atoms with van der Waals surface area (Å²) in [6, 6.07) is 12.4. The van der Waals surface area contributed by atoms with Crippen molar-refractivity contribution in [1.82, 2.24) is 14.8 Å². The number of hydrogen-bond donors (Lipinski definition) is 1. The van der Waals surface area contributed by atoms with Crippen molar-refractivity contribution in [2.75, 3.05) is 17.9 Å². The van der Waals surface area contributed by atoms with Gasteiger partial charge in [-0.2, -0.15) is 0 Å². The number of carbonyl (C=O) groups is 1. The van der Waals surface area contributed by atoms with Crippen LogP contribution in [-0.2, 0) is 28.6 Å². The first kappa shape index (κ1) is 21.1. The van der Waals surface area contributed by atoms with Crippen LogP contribution in [0.3, 0.4) is 0 Å². The summed E-state index contributed by atoms with van der Waals surface area (Å²) >= 11 is 5.94. The van der Waals surface area contributed by atoms with Gasteiger partial charge in [-0.3, -0.25) is 13.6 Å². The van der Waals surface area contributed by atoms with Crippen LogP contribution in [0.1, 0.15) is 11.4 Å². The topological polar surface area (TPSA) is 95.3 Å². The average molecular weight is 459 g/mol. The number of halogens is 1. The second-order valence-corrected chi connectivity index (χ2v) is 8.49. The zero-order valence-corrected chi connectivity index (χ0v) is 18.0. The fraction of sp³-hybridized carbons (Fsp3) is 0.190. The molecule has 1 aromatic heterocycles. The Hall–Kier alpha value is -3.17. The fourth-order valence-corrected chi connectivity index (χ4v) is 4.19. The van der Waals surface area contributed by atoms with E-state index in [0.29, 0.717) is 41.0 Å². The lowest BCUT2D eigenvalue weighted by atomic mass is 10.1. The zero-order chi connectivity index (χ0) is 21.8. The van der Waals surface area contributed by atoms with Gasteiger partial charge in [-0.05, 0) is 29.8 Å². The number of amides is 1. The van der Waals surface area contributed by atoms with Crippen molar-refractivity contribution in [2.24, 2.45) is 0 Å². The van der Waals surface area contributed by atoms with Gasteiger partial charge in [-0.1, -0.05) is 29.8 Å². The van der Waals surface area contributed by atoms with Gasteiger partial charge in [0.2, 0.25) is 17.9 Å². The van der Waals surface area contributed by atoms with Crippen molar-refractivity contribution in [3.8, 4) is 11.5 Å². The Kier molecular flexibility index (Phi) is 6.34. The van der Waals surface area contributed by atoms with Gasteiger partial charge in [0.25, 0.3) is 0 Å². The highest BCUT2D eigenvalue weighted by Gasteiger charge is 2.20. The number of nitrogens with one attached hydrogen (secondary N) is 1. The standard InChI is InChI=1S/C21H19ClN4O4S/c1-2-9-26-19(10-14-3-5-15(22)6-4-14)24-25-21(26)31(28)12-20(27)23-16-7-8-17-18(11-16)30-13-29-17/h2-8,11H,1,9-10,12-13H2,(H,23,27)/t31-/m0/s1. The summed E-state index contributed by atoms with van der Waals surface area (Å²) in [5.74, 6) is 1.13. The molecule has 8 nitrogen and oxygen atoms in total. The maximum absolute atomic E-state index is 12.9. The van der Waals surface area contributed by atoms with E-state index >= 15 is 0 Å². The van der Waals surface area contributed by atoms with Gasteiger partial charge in [0.15, 0.2) is 11.5 Å². The molecule has 10 heteroatoms. The van der Waals surface area contributed by atoms with E-state index in [0.717, 1.165) is 5.56 Å². The smallest absolute Gasteiger partial charge is 0.237 e. The lowest BCUT2D eigenvalue weighted by Crippen LogP contribution is -2.21. The number of carbonyl (C=O) groups excluding carboxylic acids is 1. The Morgan fingerprint density at radius 2 is 1.97 bits per heavy atom. The largest absolute Gasteiger partial charge is 0.454 e. The molecule has 2 heterocycles. The average Bonchev–Trinajstić information content (AvgIpc) is 3.37. The molecule has 0 unspecified atom stereocenters. The third-order valence-corrected chi connectivity index (χ3v) is 5.99. The molecule has 31 heavy (non-hydrogen) atoms. The Balaban J connectivity index is 1.46. The molecule has 2 aromatic carbocycles. The predicted octanol–water partition coefficient (Wildman–Crippen LogP) is 3.18. The van der Waals surface area contributed by atoms with E-state index in [1.165, 1.54) is 0 Å². The van der Waals surface area contributed by atoms with Crippen LogP contribution in [0.25, 0.3) is 0 Å². The molecule has 1 atom stereocenters. The van der Waals surface area contributed by atoms with Crippen molar-refractivity contribution in [3.05, 3.63) is 71.5 Å². The van der Waals surface area contributed by atoms with Crippen LogP contribution in [0.5, 0.6) is 11.5 Å². The highest BCUT2D eigenvalue weighted by Crippen LogP contribution is 2.34. The number of fused-ring (bicyclic) bond motifs is 1. The van der Waals surface area contributed by atoms with Gasteiger partial charge in [0, 0.05) is 29.7 Å². The van der Waals surface area contributed by atoms with E-state index in [9.17, 15) is 9.00 Å². The molecule has 1 N–H and O–H groups in total. The van der Waals surface area contributed by atoms with Crippen molar-refractivity contribution >= 4 is 34.0 Å². The number of anilines is 1. The van der Waals surface area contributed by atoms with Crippen LogP contribution in [-0.4, -0.2) is 37.4 Å². The molecular formula is C21H19ClN4O4S. The molecule has 0 saturated carbocycles. The molecule has 4 rings (SSSR count). The molecule has 1 aliphatic rings. The van der Waals surface area contributed by atoms with Crippen LogP contribution < -0.4 is 14.8 Å². The molecule has 1 aliphatic heterocycles. The summed E-state index contributed by atoms with van der Waals surface area (Å²) in [7, 11) is -1.69. The number of allylic oxidation sites excluding steroid dienone is 1. The number of benzene rings is 2. The van der Waals surface area contributed by atoms with Crippen LogP contribution in [0.15, 0.2) is 60.3 Å². The first-order chi connectivity index (χ1) is 15.0.